The van der Waals surface area contributed by atoms with E-state index in [2.05, 4.69) is 4.74 Å². The number of hydrogen-bond acceptors (Lipinski definition) is 2. The van der Waals surface area contributed by atoms with Gasteiger partial charge in [0.15, 0.2) is 11.6 Å². The lowest BCUT2D eigenvalue weighted by Crippen LogP contribution is -2.06. The van der Waals surface area contributed by atoms with Gasteiger partial charge in [0.1, 0.15) is 5.69 Å². The van der Waals surface area contributed by atoms with Gasteiger partial charge in [-0.1, -0.05) is 0 Å². The van der Waals surface area contributed by atoms with Crippen LogP contribution in [0.2, 0.25) is 0 Å². The average molecular weight is 191 g/mol. The maximum atomic E-state index is 12.9. The SMILES string of the molecule is COc1c(N(C)F)ccc(F)c1F. The van der Waals surface area contributed by atoms with E-state index < -0.39 is 17.4 Å². The Morgan fingerprint density at radius 2 is 1.92 bits per heavy atom. The molecule has 1 rings (SSSR count). The smallest absolute Gasteiger partial charge is 0.202 e. The summed E-state index contributed by atoms with van der Waals surface area (Å²) in [4.78, 5) is 0. The molecule has 0 aromatic heterocycles. The van der Waals surface area contributed by atoms with Crippen molar-refractivity contribution >= 4 is 5.69 Å². The molecule has 0 saturated carbocycles. The minimum Gasteiger partial charge on any atom is -0.491 e. The molecule has 1 aromatic carbocycles. The van der Waals surface area contributed by atoms with Crippen LogP contribution in [-0.2, 0) is 0 Å². The van der Waals surface area contributed by atoms with Gasteiger partial charge in [-0.2, -0.15) is 4.39 Å². The van der Waals surface area contributed by atoms with Crippen LogP contribution in [0.5, 0.6) is 5.75 Å². The number of nitrogens with zero attached hydrogens (tertiary/aromatic N) is 1. The predicted octanol–water partition coefficient (Wildman–Crippen LogP) is 2.29. The Kier molecular flexibility index (Phi) is 2.65. The molecule has 0 aliphatic heterocycles. The van der Waals surface area contributed by atoms with E-state index in [1.807, 2.05) is 0 Å². The van der Waals surface area contributed by atoms with Gasteiger partial charge in [-0.05, 0) is 12.1 Å². The predicted molar refractivity (Wildman–Crippen MR) is 42.4 cm³/mol. The molecule has 0 fully saturated rings. The molecule has 13 heavy (non-hydrogen) atoms. The van der Waals surface area contributed by atoms with Crippen molar-refractivity contribution in [1.29, 1.82) is 0 Å². The van der Waals surface area contributed by atoms with E-state index in [9.17, 15) is 13.3 Å². The highest BCUT2D eigenvalue weighted by molar-refractivity contribution is 5.57. The zero-order chi connectivity index (χ0) is 10.0. The van der Waals surface area contributed by atoms with E-state index >= 15 is 0 Å². The second-order valence-electron chi connectivity index (χ2n) is 2.39. The zero-order valence-electron chi connectivity index (χ0n) is 7.14. The second-order valence-corrected chi connectivity index (χ2v) is 2.39. The average Bonchev–Trinajstić information content (AvgIpc) is 2.09. The van der Waals surface area contributed by atoms with E-state index in [-0.39, 0.29) is 10.8 Å². The molecule has 5 heteroatoms. The molecule has 0 spiro atoms. The third-order valence-electron chi connectivity index (χ3n) is 1.57. The largest absolute Gasteiger partial charge is 0.491 e. The number of methoxy groups -OCH3 is 1. The van der Waals surface area contributed by atoms with Gasteiger partial charge in [0.05, 0.1) is 7.11 Å². The highest BCUT2D eigenvalue weighted by Gasteiger charge is 2.16. The Labute approximate surface area is 73.5 Å². The fourth-order valence-corrected chi connectivity index (χ4v) is 0.959. The topological polar surface area (TPSA) is 12.5 Å². The Balaban J connectivity index is 3.30. The molecule has 1 aromatic rings. The van der Waals surface area contributed by atoms with Crippen LogP contribution in [0.1, 0.15) is 0 Å². The van der Waals surface area contributed by atoms with Crippen LogP contribution in [0.15, 0.2) is 12.1 Å². The molecule has 2 nitrogen and oxygen atoms in total. The van der Waals surface area contributed by atoms with Crippen LogP contribution < -0.4 is 9.86 Å². The van der Waals surface area contributed by atoms with Crippen LogP contribution in [0.25, 0.3) is 0 Å². The lowest BCUT2D eigenvalue weighted by Gasteiger charge is -2.12. The van der Waals surface area contributed by atoms with Crippen molar-refractivity contribution in [2.24, 2.45) is 0 Å². The first-order valence-corrected chi connectivity index (χ1v) is 3.49. The van der Waals surface area contributed by atoms with Gasteiger partial charge in [0, 0.05) is 7.05 Å². The fraction of sp³-hybridized carbons (Fsp3) is 0.250. The lowest BCUT2D eigenvalue weighted by molar-refractivity contribution is 0.363. The minimum absolute atomic E-state index is 0.151. The van der Waals surface area contributed by atoms with Crippen LogP contribution >= 0.6 is 0 Å². The molecule has 0 unspecified atom stereocenters. The van der Waals surface area contributed by atoms with Crippen molar-refractivity contribution in [3.8, 4) is 5.75 Å². The number of halogens is 3. The molecule has 0 N–H and O–H groups in total. The van der Waals surface area contributed by atoms with Crippen molar-refractivity contribution < 1.29 is 18.0 Å². The van der Waals surface area contributed by atoms with Gasteiger partial charge in [-0.3, -0.25) is 0 Å². The number of ether oxygens (including phenoxy) is 1. The van der Waals surface area contributed by atoms with Gasteiger partial charge in [-0.25, -0.2) is 9.51 Å². The normalized spacial score (nSPS) is 9.92. The molecule has 0 radical (unpaired) electrons. The standard InChI is InChI=1S/C8H8F3NO/c1-12(11)6-4-3-5(9)7(10)8(6)13-2/h3-4H,1-2H3. The summed E-state index contributed by atoms with van der Waals surface area (Å²) >= 11 is 0. The summed E-state index contributed by atoms with van der Waals surface area (Å²) < 4.78 is 42.7. The van der Waals surface area contributed by atoms with Crippen LogP contribution in [0, 0.1) is 11.6 Å². The van der Waals surface area contributed by atoms with Gasteiger partial charge < -0.3 is 4.74 Å². The third kappa shape index (κ3) is 1.68. The molecular weight excluding hydrogens is 183 g/mol. The van der Waals surface area contributed by atoms with Crippen LogP contribution in [0.3, 0.4) is 0 Å². The summed E-state index contributed by atoms with van der Waals surface area (Å²) in [6, 6.07) is 1.93. The first-order chi connectivity index (χ1) is 6.07. The van der Waals surface area contributed by atoms with Crippen molar-refractivity contribution in [3.63, 3.8) is 0 Å². The Bertz CT molecular complexity index is 315. The quantitative estimate of drug-likeness (QED) is 0.665. The number of hydrogen-bond donors (Lipinski definition) is 0. The maximum absolute atomic E-state index is 12.9. The van der Waals surface area contributed by atoms with Crippen molar-refractivity contribution in [2.75, 3.05) is 19.3 Å². The summed E-state index contributed by atoms with van der Waals surface area (Å²) in [7, 11) is 2.21. The highest BCUT2D eigenvalue weighted by atomic mass is 19.2. The fourth-order valence-electron chi connectivity index (χ4n) is 0.959. The first-order valence-electron chi connectivity index (χ1n) is 3.49. The molecule has 0 aliphatic rings. The van der Waals surface area contributed by atoms with Crippen molar-refractivity contribution in [2.45, 2.75) is 0 Å². The van der Waals surface area contributed by atoms with E-state index in [4.69, 9.17) is 0 Å². The Morgan fingerprint density at radius 1 is 1.31 bits per heavy atom. The summed E-state index contributed by atoms with van der Waals surface area (Å²) in [6.07, 6.45) is 0. The Morgan fingerprint density at radius 3 is 2.38 bits per heavy atom. The third-order valence-corrected chi connectivity index (χ3v) is 1.57. The van der Waals surface area contributed by atoms with Crippen molar-refractivity contribution in [3.05, 3.63) is 23.8 Å². The summed E-state index contributed by atoms with van der Waals surface area (Å²) in [5.41, 5.74) is -0.151. The molecule has 0 bridgehead atoms. The molecule has 0 heterocycles. The summed E-state index contributed by atoms with van der Waals surface area (Å²) in [6.45, 7) is 0. The summed E-state index contributed by atoms with van der Waals surface area (Å²) in [5, 5.41) is 0.154. The molecule has 0 amide bonds. The van der Waals surface area contributed by atoms with Gasteiger partial charge in [-0.15, -0.1) is 4.48 Å². The minimum atomic E-state index is -1.19. The van der Waals surface area contributed by atoms with Gasteiger partial charge in [0.2, 0.25) is 5.82 Å². The molecule has 0 atom stereocenters. The molecular formula is C8H8F3NO. The zero-order valence-corrected chi connectivity index (χ0v) is 7.14. The number of benzene rings is 1. The highest BCUT2D eigenvalue weighted by Crippen LogP contribution is 2.31. The van der Waals surface area contributed by atoms with Gasteiger partial charge in [0.25, 0.3) is 0 Å². The van der Waals surface area contributed by atoms with Crippen molar-refractivity contribution in [1.82, 2.24) is 0 Å². The van der Waals surface area contributed by atoms with E-state index in [0.717, 1.165) is 26.3 Å². The van der Waals surface area contributed by atoms with E-state index in [0.29, 0.717) is 0 Å². The number of rotatable bonds is 2. The van der Waals surface area contributed by atoms with Crippen LogP contribution in [-0.4, -0.2) is 14.2 Å². The Hall–Kier alpha value is -1.39. The number of anilines is 1. The first kappa shape index (κ1) is 9.70. The maximum Gasteiger partial charge on any atom is 0.202 e. The monoisotopic (exact) mass is 191 g/mol. The van der Waals surface area contributed by atoms with Crippen LogP contribution in [0.4, 0.5) is 18.9 Å². The molecule has 0 saturated heterocycles. The lowest BCUT2D eigenvalue weighted by atomic mass is 10.2. The summed E-state index contributed by atoms with van der Waals surface area (Å²) in [5.74, 6) is -2.70. The van der Waals surface area contributed by atoms with Gasteiger partial charge >= 0.3 is 0 Å². The second kappa shape index (κ2) is 3.55. The van der Waals surface area contributed by atoms with E-state index in [1.165, 1.54) is 0 Å². The molecule has 72 valence electrons. The van der Waals surface area contributed by atoms with E-state index in [1.54, 1.807) is 0 Å². The molecule has 0 aliphatic carbocycles.